The van der Waals surface area contributed by atoms with Gasteiger partial charge in [-0.2, -0.15) is 4.98 Å². The van der Waals surface area contributed by atoms with Crippen LogP contribution in [0.1, 0.15) is 18.5 Å². The maximum absolute atomic E-state index is 13.6. The second kappa shape index (κ2) is 8.70. The molecule has 4 aromatic carbocycles. The number of anilines is 2. The van der Waals surface area contributed by atoms with E-state index in [2.05, 4.69) is 28.8 Å². The minimum atomic E-state index is -0.540. The van der Waals surface area contributed by atoms with Crippen molar-refractivity contribution < 1.29 is 9.90 Å². The van der Waals surface area contributed by atoms with Crippen LogP contribution in [0.15, 0.2) is 108 Å². The van der Waals surface area contributed by atoms with E-state index < -0.39 is 6.04 Å². The first kappa shape index (κ1) is 21.6. The number of aromatic nitrogens is 3. The molecule has 0 saturated carbocycles. The Morgan fingerprint density at radius 1 is 0.917 bits per heavy atom. The maximum Gasteiger partial charge on any atom is 0.255 e. The smallest absolute Gasteiger partial charge is 0.255 e. The van der Waals surface area contributed by atoms with Crippen molar-refractivity contribution >= 4 is 28.3 Å². The van der Waals surface area contributed by atoms with Crippen molar-refractivity contribution in [3.8, 4) is 17.1 Å². The highest BCUT2D eigenvalue weighted by Crippen LogP contribution is 2.38. The lowest BCUT2D eigenvalue weighted by Gasteiger charge is -2.28. The standard InChI is InChI=1S/C29H23N5O2/c1-18-25(28(36)31-21-10-3-2-4-11-21)26(20-14-16-22(35)17-15-20)34-29(30-18)32-27(33-34)24-13-7-9-19-8-5-6-12-23(19)24/h2-17,26,35H,1H3,(H,31,36)(H,30,32,33). The number of fused-ring (bicyclic) bond motifs is 2. The Bertz CT molecular complexity index is 1620. The molecule has 1 aliphatic heterocycles. The van der Waals surface area contributed by atoms with Gasteiger partial charge in [0.05, 0.1) is 5.57 Å². The van der Waals surface area contributed by atoms with Crippen molar-refractivity contribution in [3.05, 3.63) is 114 Å². The molecule has 1 amide bonds. The minimum absolute atomic E-state index is 0.152. The molecular weight excluding hydrogens is 450 g/mol. The zero-order chi connectivity index (χ0) is 24.6. The van der Waals surface area contributed by atoms with Crippen LogP contribution in [0.5, 0.6) is 5.75 Å². The Morgan fingerprint density at radius 3 is 2.44 bits per heavy atom. The van der Waals surface area contributed by atoms with E-state index in [4.69, 9.17) is 10.1 Å². The quantitative estimate of drug-likeness (QED) is 0.310. The fraction of sp³-hybridized carbons (Fsp3) is 0.0690. The molecule has 6 rings (SSSR count). The molecule has 0 saturated heterocycles. The van der Waals surface area contributed by atoms with Crippen LogP contribution in [0.25, 0.3) is 22.2 Å². The summed E-state index contributed by atoms with van der Waals surface area (Å²) >= 11 is 0. The first-order valence-corrected chi connectivity index (χ1v) is 11.7. The second-order valence-corrected chi connectivity index (χ2v) is 8.71. The summed E-state index contributed by atoms with van der Waals surface area (Å²) in [6.45, 7) is 1.86. The van der Waals surface area contributed by atoms with Crippen LogP contribution in [0.4, 0.5) is 11.6 Å². The minimum Gasteiger partial charge on any atom is -0.508 e. The molecular formula is C29H23N5O2. The van der Waals surface area contributed by atoms with Crippen molar-refractivity contribution in [1.29, 1.82) is 0 Å². The number of hydrogen-bond acceptors (Lipinski definition) is 5. The van der Waals surface area contributed by atoms with Crippen LogP contribution < -0.4 is 10.6 Å². The second-order valence-electron chi connectivity index (χ2n) is 8.71. The first-order chi connectivity index (χ1) is 17.6. The third-order valence-electron chi connectivity index (χ3n) is 6.37. The van der Waals surface area contributed by atoms with Crippen LogP contribution in [0.3, 0.4) is 0 Å². The molecule has 1 aliphatic rings. The van der Waals surface area contributed by atoms with E-state index in [0.717, 1.165) is 21.9 Å². The van der Waals surface area contributed by atoms with Gasteiger partial charge in [-0.15, -0.1) is 5.10 Å². The van der Waals surface area contributed by atoms with Crippen LogP contribution in [0, 0.1) is 0 Å². The van der Waals surface area contributed by atoms with Gasteiger partial charge in [-0.25, -0.2) is 4.68 Å². The summed E-state index contributed by atoms with van der Waals surface area (Å²) in [6, 6.07) is 29.8. The van der Waals surface area contributed by atoms with Gasteiger partial charge in [0.2, 0.25) is 5.95 Å². The summed E-state index contributed by atoms with van der Waals surface area (Å²) in [5.41, 5.74) is 3.63. The van der Waals surface area contributed by atoms with Gasteiger partial charge in [0.25, 0.3) is 5.91 Å². The van der Waals surface area contributed by atoms with E-state index in [0.29, 0.717) is 28.7 Å². The van der Waals surface area contributed by atoms with Crippen molar-refractivity contribution in [2.75, 3.05) is 10.6 Å². The number of hydrogen-bond donors (Lipinski definition) is 3. The number of nitrogens with zero attached hydrogens (tertiary/aromatic N) is 3. The predicted molar refractivity (Wildman–Crippen MR) is 141 cm³/mol. The molecule has 0 radical (unpaired) electrons. The summed E-state index contributed by atoms with van der Waals surface area (Å²) in [4.78, 5) is 18.4. The molecule has 7 heteroatoms. The molecule has 36 heavy (non-hydrogen) atoms. The zero-order valence-corrected chi connectivity index (χ0v) is 19.5. The molecule has 3 N–H and O–H groups in total. The molecule has 0 aliphatic carbocycles. The normalized spacial score (nSPS) is 14.9. The number of carbonyl (C=O) groups is 1. The van der Waals surface area contributed by atoms with Crippen molar-refractivity contribution in [3.63, 3.8) is 0 Å². The Balaban J connectivity index is 1.48. The van der Waals surface area contributed by atoms with Gasteiger partial charge in [-0.1, -0.05) is 72.8 Å². The largest absolute Gasteiger partial charge is 0.508 e. The molecule has 0 spiro atoms. The topological polar surface area (TPSA) is 92.1 Å². The Hall–Kier alpha value is -4.91. The number of para-hydroxylation sites is 1. The number of rotatable bonds is 4. The van der Waals surface area contributed by atoms with Gasteiger partial charge in [0, 0.05) is 16.9 Å². The summed E-state index contributed by atoms with van der Waals surface area (Å²) in [5.74, 6) is 1.02. The van der Waals surface area contributed by atoms with Gasteiger partial charge in [-0.05, 0) is 47.5 Å². The summed E-state index contributed by atoms with van der Waals surface area (Å²) in [6.07, 6.45) is 0. The van der Waals surface area contributed by atoms with E-state index in [-0.39, 0.29) is 11.7 Å². The number of phenols is 1. The van der Waals surface area contributed by atoms with Crippen molar-refractivity contribution in [2.45, 2.75) is 13.0 Å². The zero-order valence-electron chi connectivity index (χ0n) is 19.5. The average Bonchev–Trinajstić information content (AvgIpc) is 3.32. The number of phenolic OH excluding ortho intramolecular Hbond substituents is 1. The molecule has 5 aromatic rings. The van der Waals surface area contributed by atoms with E-state index in [1.54, 1.807) is 28.9 Å². The van der Waals surface area contributed by atoms with Gasteiger partial charge < -0.3 is 15.7 Å². The maximum atomic E-state index is 13.6. The fourth-order valence-corrected chi connectivity index (χ4v) is 4.66. The number of allylic oxidation sites excluding steroid dienone is 1. The highest BCUT2D eigenvalue weighted by molar-refractivity contribution is 6.06. The molecule has 0 bridgehead atoms. The van der Waals surface area contributed by atoms with Crippen LogP contribution in [-0.2, 0) is 4.79 Å². The predicted octanol–water partition coefficient (Wildman–Crippen LogP) is 5.73. The summed E-state index contributed by atoms with van der Waals surface area (Å²) in [7, 11) is 0. The van der Waals surface area contributed by atoms with Crippen LogP contribution in [0.2, 0.25) is 0 Å². The van der Waals surface area contributed by atoms with E-state index in [1.165, 1.54) is 0 Å². The lowest BCUT2D eigenvalue weighted by Crippen LogP contribution is -2.31. The third-order valence-corrected chi connectivity index (χ3v) is 6.37. The van der Waals surface area contributed by atoms with Gasteiger partial charge in [0.15, 0.2) is 5.82 Å². The van der Waals surface area contributed by atoms with Gasteiger partial charge >= 0.3 is 0 Å². The summed E-state index contributed by atoms with van der Waals surface area (Å²) < 4.78 is 1.75. The van der Waals surface area contributed by atoms with Gasteiger partial charge in [0.1, 0.15) is 11.8 Å². The first-order valence-electron chi connectivity index (χ1n) is 11.7. The van der Waals surface area contributed by atoms with Crippen LogP contribution >= 0.6 is 0 Å². The molecule has 2 heterocycles. The Kier molecular flexibility index (Phi) is 5.22. The highest BCUT2D eigenvalue weighted by atomic mass is 16.3. The molecule has 1 aromatic heterocycles. The van der Waals surface area contributed by atoms with Gasteiger partial charge in [-0.3, -0.25) is 4.79 Å². The molecule has 1 atom stereocenters. The average molecular weight is 474 g/mol. The van der Waals surface area contributed by atoms with Crippen LogP contribution in [-0.4, -0.2) is 25.8 Å². The van der Waals surface area contributed by atoms with E-state index in [9.17, 15) is 9.90 Å². The Labute approximate surface area is 207 Å². The van der Waals surface area contributed by atoms with Crippen molar-refractivity contribution in [2.24, 2.45) is 0 Å². The lowest BCUT2D eigenvalue weighted by atomic mass is 9.95. The number of aromatic hydroxyl groups is 1. The molecule has 176 valence electrons. The van der Waals surface area contributed by atoms with E-state index >= 15 is 0 Å². The lowest BCUT2D eigenvalue weighted by molar-refractivity contribution is -0.113. The third kappa shape index (κ3) is 3.76. The fourth-order valence-electron chi connectivity index (χ4n) is 4.66. The van der Waals surface area contributed by atoms with Crippen molar-refractivity contribution in [1.82, 2.24) is 14.8 Å². The number of carbonyl (C=O) groups excluding carboxylic acids is 1. The monoisotopic (exact) mass is 473 g/mol. The Morgan fingerprint density at radius 2 is 1.64 bits per heavy atom. The molecule has 0 fully saturated rings. The molecule has 7 nitrogen and oxygen atoms in total. The SMILES string of the molecule is CC1=C(C(=O)Nc2ccccc2)C(c2ccc(O)cc2)n2nc(-c3cccc4ccccc34)nc2N1. The highest BCUT2D eigenvalue weighted by Gasteiger charge is 2.34. The van der Waals surface area contributed by atoms with E-state index in [1.807, 2.05) is 61.5 Å². The molecule has 1 unspecified atom stereocenters. The number of nitrogens with one attached hydrogen (secondary N) is 2. The number of amides is 1. The number of benzene rings is 4. The summed E-state index contributed by atoms with van der Waals surface area (Å²) in [5, 5.41) is 23.2.